The molecule has 2 amide bonds. The van der Waals surface area contributed by atoms with Crippen molar-refractivity contribution >= 4 is 22.6 Å². The second-order valence-electron chi connectivity index (χ2n) is 8.30. The van der Waals surface area contributed by atoms with E-state index in [1.54, 1.807) is 24.3 Å². The van der Waals surface area contributed by atoms with E-state index in [2.05, 4.69) is 6.58 Å². The average molecular weight is 452 g/mol. The largest absolute Gasteiger partial charge is 0.508 e. The summed E-state index contributed by atoms with van der Waals surface area (Å²) >= 11 is 0. The molecule has 1 fully saturated rings. The fourth-order valence-corrected chi connectivity index (χ4v) is 4.63. The second-order valence-corrected chi connectivity index (χ2v) is 8.30. The van der Waals surface area contributed by atoms with E-state index in [1.807, 2.05) is 0 Å². The fourth-order valence-electron chi connectivity index (χ4n) is 4.63. The quantitative estimate of drug-likeness (QED) is 0.592. The molecule has 1 saturated heterocycles. The van der Waals surface area contributed by atoms with Crippen molar-refractivity contribution < 1.29 is 27.9 Å². The number of benzene rings is 3. The van der Waals surface area contributed by atoms with Crippen molar-refractivity contribution in [2.24, 2.45) is 0 Å². The summed E-state index contributed by atoms with van der Waals surface area (Å²) in [5.41, 5.74) is -0.302. The minimum absolute atomic E-state index is 0.000691. The third-order valence-electron chi connectivity index (χ3n) is 6.32. The topological polar surface area (TPSA) is 60.9 Å². The van der Waals surface area contributed by atoms with Crippen LogP contribution >= 0.6 is 0 Å². The number of hydrogen-bond acceptors (Lipinski definition) is 3. The molecule has 2 aliphatic heterocycles. The predicted molar refractivity (Wildman–Crippen MR) is 116 cm³/mol. The van der Waals surface area contributed by atoms with Crippen LogP contribution in [-0.2, 0) is 17.5 Å². The normalized spacial score (nSPS) is 16.2. The van der Waals surface area contributed by atoms with Gasteiger partial charge in [-0.15, -0.1) is 0 Å². The molecule has 3 aromatic rings. The van der Waals surface area contributed by atoms with Crippen LogP contribution in [-0.4, -0.2) is 45.9 Å². The molecular formula is C25H19F3N2O3. The number of carbonyl (C=O) groups excluding carboxylic acids is 2. The molecule has 1 N–H and O–H groups in total. The van der Waals surface area contributed by atoms with Crippen molar-refractivity contribution in [3.8, 4) is 16.9 Å². The minimum Gasteiger partial charge on any atom is -0.508 e. The molecule has 0 bridgehead atoms. The number of phenols is 1. The maximum Gasteiger partial charge on any atom is 0.416 e. The monoisotopic (exact) mass is 452 g/mol. The number of carbonyl (C=O) groups is 2. The number of halogens is 3. The lowest BCUT2D eigenvalue weighted by atomic mass is 9.92. The van der Waals surface area contributed by atoms with E-state index in [0.29, 0.717) is 16.3 Å². The molecule has 8 heteroatoms. The Balaban J connectivity index is 1.60. The van der Waals surface area contributed by atoms with Gasteiger partial charge in [0, 0.05) is 25.2 Å². The van der Waals surface area contributed by atoms with Crippen LogP contribution in [0.5, 0.6) is 5.75 Å². The van der Waals surface area contributed by atoms with Gasteiger partial charge >= 0.3 is 6.18 Å². The van der Waals surface area contributed by atoms with Crippen LogP contribution in [0.4, 0.5) is 13.2 Å². The molecule has 0 unspecified atom stereocenters. The highest BCUT2D eigenvalue weighted by Crippen LogP contribution is 2.43. The molecule has 0 aromatic heterocycles. The zero-order valence-corrected chi connectivity index (χ0v) is 17.4. The van der Waals surface area contributed by atoms with Crippen molar-refractivity contribution in [3.05, 3.63) is 77.9 Å². The molecule has 0 atom stereocenters. The molecule has 3 aromatic carbocycles. The first kappa shape index (κ1) is 21.1. The smallest absolute Gasteiger partial charge is 0.416 e. The summed E-state index contributed by atoms with van der Waals surface area (Å²) in [6.07, 6.45) is -3.49. The number of phenolic OH excluding ortho intramolecular Hbond substituents is 1. The standard InChI is InChI=1S/C25H19F3N2O3/c1-2-23(32)29-11-16(12-29)30-13-21-20(24(30)33)8-15(9-22(21)25(26,27)28)19-10-17(31)7-14-5-3-4-6-18(14)19/h2-10,16,31H,1,11-13H2. The van der Waals surface area contributed by atoms with Crippen LogP contribution in [0.3, 0.4) is 0 Å². The number of amides is 2. The van der Waals surface area contributed by atoms with Crippen molar-refractivity contribution in [2.75, 3.05) is 13.1 Å². The van der Waals surface area contributed by atoms with Crippen LogP contribution in [0.15, 0.2) is 61.2 Å². The van der Waals surface area contributed by atoms with Gasteiger partial charge in [-0.3, -0.25) is 9.59 Å². The highest BCUT2D eigenvalue weighted by Gasteiger charge is 2.44. The van der Waals surface area contributed by atoms with Crippen LogP contribution in [0.1, 0.15) is 21.5 Å². The van der Waals surface area contributed by atoms with Gasteiger partial charge in [-0.1, -0.05) is 30.8 Å². The lowest BCUT2D eigenvalue weighted by Crippen LogP contribution is -2.60. The average Bonchev–Trinajstić information content (AvgIpc) is 3.06. The van der Waals surface area contributed by atoms with Gasteiger partial charge in [-0.2, -0.15) is 13.2 Å². The molecule has 0 saturated carbocycles. The highest BCUT2D eigenvalue weighted by atomic mass is 19.4. The molecule has 0 spiro atoms. The van der Waals surface area contributed by atoms with E-state index < -0.39 is 17.6 Å². The maximum atomic E-state index is 14.1. The first-order valence-electron chi connectivity index (χ1n) is 10.4. The number of rotatable bonds is 3. The summed E-state index contributed by atoms with van der Waals surface area (Å²) in [6, 6.07) is 12.2. The van der Waals surface area contributed by atoms with Gasteiger partial charge in [0.05, 0.1) is 11.6 Å². The van der Waals surface area contributed by atoms with Gasteiger partial charge in [0.25, 0.3) is 5.91 Å². The first-order valence-corrected chi connectivity index (χ1v) is 10.4. The zero-order valence-electron chi connectivity index (χ0n) is 17.4. The lowest BCUT2D eigenvalue weighted by molar-refractivity contribution is -0.138. The van der Waals surface area contributed by atoms with E-state index in [9.17, 15) is 27.9 Å². The number of likely N-dealkylation sites (tertiary alicyclic amines) is 1. The Morgan fingerprint density at radius 2 is 1.82 bits per heavy atom. The van der Waals surface area contributed by atoms with Crippen molar-refractivity contribution in [3.63, 3.8) is 0 Å². The second kappa shape index (κ2) is 7.37. The van der Waals surface area contributed by atoms with E-state index in [0.717, 1.165) is 6.07 Å². The van der Waals surface area contributed by atoms with E-state index in [1.165, 1.54) is 34.1 Å². The van der Waals surface area contributed by atoms with Crippen molar-refractivity contribution in [2.45, 2.75) is 18.8 Å². The molecule has 2 aliphatic rings. The number of hydrogen-bond donors (Lipinski definition) is 1. The van der Waals surface area contributed by atoms with Crippen LogP contribution < -0.4 is 0 Å². The Bertz CT molecular complexity index is 1330. The summed E-state index contributed by atoms with van der Waals surface area (Å²) in [5.74, 6) is -0.839. The van der Waals surface area contributed by atoms with Gasteiger partial charge in [-0.25, -0.2) is 0 Å². The van der Waals surface area contributed by atoms with Crippen LogP contribution in [0.25, 0.3) is 21.9 Å². The van der Waals surface area contributed by atoms with Gasteiger partial charge in [0.15, 0.2) is 0 Å². The van der Waals surface area contributed by atoms with Crippen LogP contribution in [0, 0.1) is 0 Å². The number of fused-ring (bicyclic) bond motifs is 2. The highest BCUT2D eigenvalue weighted by molar-refractivity contribution is 6.03. The van der Waals surface area contributed by atoms with E-state index in [4.69, 9.17) is 0 Å². The van der Waals surface area contributed by atoms with E-state index >= 15 is 0 Å². The number of nitrogens with zero attached hydrogens (tertiary/aromatic N) is 2. The minimum atomic E-state index is -4.66. The van der Waals surface area contributed by atoms with E-state index in [-0.39, 0.29) is 54.0 Å². The summed E-state index contributed by atoms with van der Waals surface area (Å²) in [5, 5.41) is 11.5. The Kier molecular flexibility index (Phi) is 4.70. The third kappa shape index (κ3) is 3.42. The maximum absolute atomic E-state index is 14.1. The Morgan fingerprint density at radius 1 is 1.09 bits per heavy atom. The summed E-state index contributed by atoms with van der Waals surface area (Å²) in [6.45, 7) is 3.78. The summed E-state index contributed by atoms with van der Waals surface area (Å²) in [7, 11) is 0. The molecule has 0 aliphatic carbocycles. The Morgan fingerprint density at radius 3 is 2.52 bits per heavy atom. The summed E-state index contributed by atoms with van der Waals surface area (Å²) < 4.78 is 42.2. The molecule has 0 radical (unpaired) electrons. The molecule has 5 nitrogen and oxygen atoms in total. The van der Waals surface area contributed by atoms with Gasteiger partial charge in [0.1, 0.15) is 5.75 Å². The van der Waals surface area contributed by atoms with Gasteiger partial charge < -0.3 is 14.9 Å². The molecule has 33 heavy (non-hydrogen) atoms. The molecule has 168 valence electrons. The van der Waals surface area contributed by atoms with Crippen molar-refractivity contribution in [1.29, 1.82) is 0 Å². The number of aromatic hydroxyl groups is 1. The zero-order chi connectivity index (χ0) is 23.5. The lowest BCUT2D eigenvalue weighted by Gasteiger charge is -2.43. The van der Waals surface area contributed by atoms with Gasteiger partial charge in [-0.05, 0) is 57.8 Å². The molecule has 5 rings (SSSR count). The molecular weight excluding hydrogens is 433 g/mol. The van der Waals surface area contributed by atoms with Crippen molar-refractivity contribution in [1.82, 2.24) is 9.80 Å². The Labute approximate surface area is 187 Å². The SMILES string of the molecule is C=CC(=O)N1CC(N2Cc3c(cc(-c4cc(O)cc5ccccc45)cc3C(F)(F)F)C2=O)C1. The van der Waals surface area contributed by atoms with Gasteiger partial charge in [0.2, 0.25) is 5.91 Å². The molecule has 2 heterocycles. The summed E-state index contributed by atoms with van der Waals surface area (Å²) in [4.78, 5) is 27.8. The van der Waals surface area contributed by atoms with Crippen LogP contribution in [0.2, 0.25) is 0 Å². The first-order chi connectivity index (χ1) is 15.7. The Hall–Kier alpha value is -3.81. The fraction of sp³-hybridized carbons (Fsp3) is 0.200. The predicted octanol–water partition coefficient (Wildman–Crippen LogP) is 4.58. The third-order valence-corrected chi connectivity index (χ3v) is 6.32. The number of alkyl halides is 3.